The molecule has 0 aliphatic carbocycles. The molecule has 0 unspecified atom stereocenters. The highest BCUT2D eigenvalue weighted by molar-refractivity contribution is 7.89. The number of fused-ring (bicyclic) bond motifs is 1. The number of nitrogens with zero attached hydrogens (tertiary/aromatic N) is 2. The van der Waals surface area contributed by atoms with E-state index in [2.05, 4.69) is 4.99 Å². The predicted molar refractivity (Wildman–Crippen MR) is 122 cm³/mol. The van der Waals surface area contributed by atoms with Crippen LogP contribution in [0.3, 0.4) is 0 Å². The number of rotatable bonds is 9. The molecule has 3 aromatic rings. The second-order valence-corrected chi connectivity index (χ2v) is 9.35. The average Bonchev–Trinajstić information content (AvgIpc) is 3.09. The average molecular weight is 480 g/mol. The number of thiazole rings is 1. The highest BCUT2D eigenvalue weighted by Crippen LogP contribution is 2.28. The van der Waals surface area contributed by atoms with Gasteiger partial charge in [0.25, 0.3) is 5.91 Å². The highest BCUT2D eigenvalue weighted by atomic mass is 32.2. The maximum atomic E-state index is 12.7. The fourth-order valence-corrected chi connectivity index (χ4v) is 4.87. The molecule has 172 valence electrons. The van der Waals surface area contributed by atoms with Crippen molar-refractivity contribution in [2.75, 3.05) is 27.4 Å². The van der Waals surface area contributed by atoms with Crippen molar-refractivity contribution in [3.63, 3.8) is 0 Å². The Hall–Kier alpha value is -2.73. The van der Waals surface area contributed by atoms with Gasteiger partial charge in [-0.25, -0.2) is 13.6 Å². The largest absolute Gasteiger partial charge is 0.493 e. The van der Waals surface area contributed by atoms with Crippen LogP contribution in [-0.2, 0) is 32.5 Å². The van der Waals surface area contributed by atoms with Gasteiger partial charge in [0.15, 0.2) is 16.3 Å². The van der Waals surface area contributed by atoms with Crippen molar-refractivity contribution in [2.24, 2.45) is 10.1 Å². The minimum atomic E-state index is -3.84. The SMILES string of the molecule is CCOCCn1c(=NC(=O)Cc2ccc(OC)c(OC)c2)sc2cc(S(N)(=O)=O)ccc21. The van der Waals surface area contributed by atoms with Gasteiger partial charge in [0.2, 0.25) is 10.0 Å². The van der Waals surface area contributed by atoms with Gasteiger partial charge in [-0.2, -0.15) is 4.99 Å². The molecule has 0 aliphatic heterocycles. The van der Waals surface area contributed by atoms with E-state index in [1.54, 1.807) is 31.4 Å². The molecule has 0 atom stereocenters. The van der Waals surface area contributed by atoms with Crippen molar-refractivity contribution in [1.82, 2.24) is 4.57 Å². The molecule has 0 saturated carbocycles. The number of nitrogens with two attached hydrogens (primary N) is 1. The molecule has 1 amide bonds. The van der Waals surface area contributed by atoms with Crippen LogP contribution in [0.4, 0.5) is 0 Å². The summed E-state index contributed by atoms with van der Waals surface area (Å²) < 4.78 is 41.9. The molecular formula is C21H25N3O6S2. The van der Waals surface area contributed by atoms with E-state index >= 15 is 0 Å². The van der Waals surface area contributed by atoms with Crippen LogP contribution in [0, 0.1) is 0 Å². The number of methoxy groups -OCH3 is 2. The third-order valence-electron chi connectivity index (χ3n) is 4.67. The Morgan fingerprint density at radius 1 is 1.12 bits per heavy atom. The Labute approximate surface area is 190 Å². The molecule has 9 nitrogen and oxygen atoms in total. The van der Waals surface area contributed by atoms with Crippen molar-refractivity contribution in [3.8, 4) is 11.5 Å². The van der Waals surface area contributed by atoms with Gasteiger partial charge in [0, 0.05) is 13.2 Å². The monoisotopic (exact) mass is 479 g/mol. The number of carbonyl (C=O) groups excluding carboxylic acids is 1. The second-order valence-electron chi connectivity index (χ2n) is 6.78. The summed E-state index contributed by atoms with van der Waals surface area (Å²) in [6, 6.07) is 9.84. The summed E-state index contributed by atoms with van der Waals surface area (Å²) in [5.41, 5.74) is 1.48. The number of amides is 1. The number of ether oxygens (including phenoxy) is 3. The van der Waals surface area contributed by atoms with Crippen LogP contribution in [0.1, 0.15) is 12.5 Å². The van der Waals surface area contributed by atoms with Gasteiger partial charge >= 0.3 is 0 Å². The van der Waals surface area contributed by atoms with Crippen LogP contribution in [0.5, 0.6) is 11.5 Å². The van der Waals surface area contributed by atoms with Crippen molar-refractivity contribution in [2.45, 2.75) is 24.8 Å². The lowest BCUT2D eigenvalue weighted by molar-refractivity contribution is -0.117. The number of hydrogen-bond acceptors (Lipinski definition) is 7. The predicted octanol–water partition coefficient (Wildman–Crippen LogP) is 2.07. The normalized spacial score (nSPS) is 12.3. The first kappa shape index (κ1) is 23.9. The van der Waals surface area contributed by atoms with E-state index in [1.807, 2.05) is 11.5 Å². The van der Waals surface area contributed by atoms with Crippen LogP contribution in [0.15, 0.2) is 46.3 Å². The molecule has 2 aromatic carbocycles. The lowest BCUT2D eigenvalue weighted by atomic mass is 10.1. The molecule has 0 radical (unpaired) electrons. The van der Waals surface area contributed by atoms with Gasteiger partial charge in [0.1, 0.15) is 0 Å². The van der Waals surface area contributed by atoms with Gasteiger partial charge in [-0.05, 0) is 42.8 Å². The first-order chi connectivity index (χ1) is 15.3. The topological polar surface area (TPSA) is 122 Å². The minimum Gasteiger partial charge on any atom is -0.493 e. The third kappa shape index (κ3) is 5.54. The minimum absolute atomic E-state index is 0.00594. The van der Waals surface area contributed by atoms with Gasteiger partial charge in [-0.15, -0.1) is 0 Å². The number of primary sulfonamides is 1. The summed E-state index contributed by atoms with van der Waals surface area (Å²) in [4.78, 5) is 17.5. The molecule has 0 saturated heterocycles. The number of benzene rings is 2. The van der Waals surface area contributed by atoms with Gasteiger partial charge < -0.3 is 18.8 Å². The van der Waals surface area contributed by atoms with E-state index in [1.165, 1.54) is 30.6 Å². The van der Waals surface area contributed by atoms with Crippen molar-refractivity contribution >= 4 is 37.5 Å². The second kappa shape index (κ2) is 10.3. The molecule has 0 spiro atoms. The van der Waals surface area contributed by atoms with Crippen LogP contribution in [0.2, 0.25) is 0 Å². The number of aromatic nitrogens is 1. The lowest BCUT2D eigenvalue weighted by Crippen LogP contribution is -2.20. The van der Waals surface area contributed by atoms with Crippen LogP contribution < -0.4 is 19.4 Å². The quantitative estimate of drug-likeness (QED) is 0.469. The number of sulfonamides is 1. The van der Waals surface area contributed by atoms with E-state index in [9.17, 15) is 13.2 Å². The van der Waals surface area contributed by atoms with Crippen LogP contribution in [0.25, 0.3) is 10.2 Å². The van der Waals surface area contributed by atoms with Crippen molar-refractivity contribution in [3.05, 3.63) is 46.8 Å². The zero-order valence-corrected chi connectivity index (χ0v) is 19.7. The highest BCUT2D eigenvalue weighted by Gasteiger charge is 2.14. The van der Waals surface area contributed by atoms with Gasteiger partial charge in [0.05, 0.1) is 42.4 Å². The lowest BCUT2D eigenvalue weighted by Gasteiger charge is -2.08. The summed E-state index contributed by atoms with van der Waals surface area (Å²) >= 11 is 1.22. The van der Waals surface area contributed by atoms with Gasteiger partial charge in [-0.3, -0.25) is 4.79 Å². The maximum Gasteiger partial charge on any atom is 0.252 e. The van der Waals surface area contributed by atoms with E-state index in [0.717, 1.165) is 11.1 Å². The molecule has 1 heterocycles. The number of carbonyl (C=O) groups is 1. The Morgan fingerprint density at radius 2 is 1.88 bits per heavy atom. The standard InChI is InChI=1S/C21H25N3O6S2/c1-4-30-10-9-24-16-7-6-15(32(22,26)27)13-19(16)31-21(24)23-20(25)12-14-5-8-17(28-2)18(11-14)29-3/h5-8,11,13H,4,9-10,12H2,1-3H3,(H2,22,26,27). The van der Waals surface area contributed by atoms with Crippen molar-refractivity contribution < 1.29 is 27.4 Å². The molecule has 2 N–H and O–H groups in total. The molecule has 1 aromatic heterocycles. The smallest absolute Gasteiger partial charge is 0.252 e. The molecule has 0 bridgehead atoms. The van der Waals surface area contributed by atoms with E-state index < -0.39 is 10.0 Å². The van der Waals surface area contributed by atoms with E-state index in [0.29, 0.717) is 40.8 Å². The van der Waals surface area contributed by atoms with Crippen LogP contribution >= 0.6 is 11.3 Å². The summed E-state index contributed by atoms with van der Waals surface area (Å²) in [5.74, 6) is 0.757. The third-order valence-corrected chi connectivity index (χ3v) is 6.62. The van der Waals surface area contributed by atoms with E-state index in [-0.39, 0.29) is 17.2 Å². The first-order valence-electron chi connectivity index (χ1n) is 9.79. The fraction of sp³-hybridized carbons (Fsp3) is 0.333. The zero-order chi connectivity index (χ0) is 23.3. The Morgan fingerprint density at radius 3 is 2.53 bits per heavy atom. The summed E-state index contributed by atoms with van der Waals surface area (Å²) in [6.07, 6.45) is 0.0719. The molecule has 32 heavy (non-hydrogen) atoms. The zero-order valence-electron chi connectivity index (χ0n) is 18.0. The molecule has 0 fully saturated rings. The number of hydrogen-bond donors (Lipinski definition) is 1. The maximum absolute atomic E-state index is 12.7. The summed E-state index contributed by atoms with van der Waals surface area (Å²) in [7, 11) is -0.769. The van der Waals surface area contributed by atoms with Gasteiger partial charge in [-0.1, -0.05) is 17.4 Å². The Bertz CT molecular complexity index is 1290. The van der Waals surface area contributed by atoms with E-state index in [4.69, 9.17) is 19.3 Å². The van der Waals surface area contributed by atoms with Crippen molar-refractivity contribution in [1.29, 1.82) is 0 Å². The first-order valence-corrected chi connectivity index (χ1v) is 12.2. The molecule has 3 rings (SSSR count). The summed E-state index contributed by atoms with van der Waals surface area (Å²) in [5, 5.41) is 5.26. The molecule has 11 heteroatoms. The summed E-state index contributed by atoms with van der Waals surface area (Å²) in [6.45, 7) is 3.34. The van der Waals surface area contributed by atoms with Crippen LogP contribution in [-0.4, -0.2) is 46.3 Å². The fourth-order valence-electron chi connectivity index (χ4n) is 3.14. The Kier molecular flexibility index (Phi) is 7.67. The molecular weight excluding hydrogens is 454 g/mol. The molecule has 0 aliphatic rings. The Balaban J connectivity index is 1.99.